The second kappa shape index (κ2) is 7.68. The van der Waals surface area contributed by atoms with E-state index in [9.17, 15) is 17.2 Å². The van der Waals surface area contributed by atoms with Gasteiger partial charge in [0.25, 0.3) is 10.0 Å². The van der Waals surface area contributed by atoms with E-state index in [1.54, 1.807) is 13.0 Å². The van der Waals surface area contributed by atoms with Gasteiger partial charge in [-0.05, 0) is 47.9 Å². The Bertz CT molecular complexity index is 1260. The van der Waals surface area contributed by atoms with Crippen LogP contribution in [-0.2, 0) is 22.0 Å². The van der Waals surface area contributed by atoms with Crippen LogP contribution in [0.2, 0.25) is 5.02 Å². The van der Waals surface area contributed by atoms with Gasteiger partial charge in [0.1, 0.15) is 22.9 Å². The second-order valence-electron chi connectivity index (χ2n) is 8.03. The lowest BCUT2D eigenvalue weighted by Gasteiger charge is -2.23. The van der Waals surface area contributed by atoms with Gasteiger partial charge in [-0.3, -0.25) is 4.72 Å². The van der Waals surface area contributed by atoms with Crippen molar-refractivity contribution in [2.45, 2.75) is 37.6 Å². The topological polar surface area (TPSA) is 75.2 Å². The Balaban J connectivity index is 1.66. The van der Waals surface area contributed by atoms with Crippen LogP contribution in [0.5, 0.6) is 0 Å². The highest BCUT2D eigenvalue weighted by atomic mass is 35.5. The van der Waals surface area contributed by atoms with E-state index in [0.717, 1.165) is 34.9 Å². The molecular weight excluding hydrogens is 466 g/mol. The molecule has 0 atom stereocenters. The van der Waals surface area contributed by atoms with E-state index in [2.05, 4.69) is 14.1 Å². The molecule has 0 saturated carbocycles. The predicted octanol–water partition coefficient (Wildman–Crippen LogP) is 4.88. The van der Waals surface area contributed by atoms with Crippen LogP contribution in [0.25, 0.3) is 0 Å². The number of aromatic nitrogens is 2. The van der Waals surface area contributed by atoms with Gasteiger partial charge in [0.15, 0.2) is 0 Å². The van der Waals surface area contributed by atoms with Crippen LogP contribution in [0.1, 0.15) is 30.5 Å². The molecule has 2 heterocycles. The molecule has 6 nitrogen and oxygen atoms in total. The number of halogens is 3. The summed E-state index contributed by atoms with van der Waals surface area (Å²) < 4.78 is 59.9. The number of anilines is 2. The van der Waals surface area contributed by atoms with Gasteiger partial charge >= 0.3 is 0 Å². The molecule has 1 aliphatic rings. The lowest BCUT2D eigenvalue weighted by Crippen LogP contribution is -2.28. The predicted molar refractivity (Wildman–Crippen MR) is 117 cm³/mol. The minimum atomic E-state index is -4.21. The molecule has 0 unspecified atom stereocenters. The fourth-order valence-corrected chi connectivity index (χ4v) is 6.10. The highest BCUT2D eigenvalue weighted by molar-refractivity contribution is 7.93. The van der Waals surface area contributed by atoms with Crippen molar-refractivity contribution in [2.24, 2.45) is 0 Å². The highest BCUT2D eigenvalue weighted by Gasteiger charge is 2.37. The maximum atomic E-state index is 14.8. The van der Waals surface area contributed by atoms with Crippen molar-refractivity contribution in [3.8, 4) is 0 Å². The van der Waals surface area contributed by atoms with E-state index >= 15 is 0 Å². The normalized spacial score (nSPS) is 15.2. The van der Waals surface area contributed by atoms with Crippen molar-refractivity contribution in [1.29, 1.82) is 0 Å². The number of benzene rings is 2. The standard InChI is InChI=1S/C20H19ClF2N4O2S2/c1-11-14(22)4-5-16-18(11)20(2,3)9-27(16)8-12-6-15(23)17(7-13(12)21)31(28,29)26-19-24-10-25-30-19/h4-7,10H,8-9H2,1-3H3,(H,24,25,26). The minimum Gasteiger partial charge on any atom is -0.366 e. The molecule has 1 N–H and O–H groups in total. The number of fused-ring (bicyclic) bond motifs is 1. The van der Waals surface area contributed by atoms with Gasteiger partial charge in [-0.25, -0.2) is 22.2 Å². The van der Waals surface area contributed by atoms with Crippen LogP contribution < -0.4 is 9.62 Å². The van der Waals surface area contributed by atoms with Gasteiger partial charge in [0.2, 0.25) is 5.13 Å². The molecular formula is C20H19ClF2N4O2S2. The van der Waals surface area contributed by atoms with Crippen molar-refractivity contribution < 1.29 is 17.2 Å². The van der Waals surface area contributed by atoms with Crippen molar-refractivity contribution in [2.75, 3.05) is 16.2 Å². The molecule has 164 valence electrons. The van der Waals surface area contributed by atoms with Crippen LogP contribution in [0.4, 0.5) is 19.6 Å². The van der Waals surface area contributed by atoms with Crippen molar-refractivity contribution in [3.05, 3.63) is 63.9 Å². The van der Waals surface area contributed by atoms with Gasteiger partial charge in [0.05, 0.1) is 0 Å². The molecule has 4 rings (SSSR count). The smallest absolute Gasteiger partial charge is 0.266 e. The summed E-state index contributed by atoms with van der Waals surface area (Å²) >= 11 is 7.19. The van der Waals surface area contributed by atoms with Crippen molar-refractivity contribution in [3.63, 3.8) is 0 Å². The monoisotopic (exact) mass is 484 g/mol. The zero-order valence-corrected chi connectivity index (χ0v) is 19.3. The quantitative estimate of drug-likeness (QED) is 0.558. The first-order chi connectivity index (χ1) is 14.5. The van der Waals surface area contributed by atoms with Crippen molar-refractivity contribution >= 4 is 44.0 Å². The molecule has 0 aliphatic carbocycles. The largest absolute Gasteiger partial charge is 0.366 e. The highest BCUT2D eigenvalue weighted by Crippen LogP contribution is 2.44. The van der Waals surface area contributed by atoms with Crippen LogP contribution in [0.3, 0.4) is 0 Å². The SMILES string of the molecule is Cc1c(F)ccc2c1C(C)(C)CN2Cc1cc(F)c(S(=O)(=O)Nc2ncns2)cc1Cl. The van der Waals surface area contributed by atoms with E-state index in [1.165, 1.54) is 12.4 Å². The van der Waals surface area contributed by atoms with E-state index in [4.69, 9.17) is 11.6 Å². The molecule has 31 heavy (non-hydrogen) atoms. The van der Waals surface area contributed by atoms with Gasteiger partial charge in [-0.15, -0.1) is 0 Å². The van der Waals surface area contributed by atoms with Gasteiger partial charge < -0.3 is 4.90 Å². The molecule has 0 saturated heterocycles. The Kier molecular flexibility index (Phi) is 5.43. The van der Waals surface area contributed by atoms with E-state index in [1.807, 2.05) is 18.7 Å². The van der Waals surface area contributed by atoms with Crippen LogP contribution in [0.15, 0.2) is 35.5 Å². The third-order valence-electron chi connectivity index (χ3n) is 5.32. The second-order valence-corrected chi connectivity index (χ2v) is 10.9. The Morgan fingerprint density at radius 2 is 2.00 bits per heavy atom. The fraction of sp³-hybridized carbons (Fsp3) is 0.300. The average Bonchev–Trinajstić information content (AvgIpc) is 3.26. The Morgan fingerprint density at radius 1 is 1.26 bits per heavy atom. The molecule has 1 aliphatic heterocycles. The molecule has 0 radical (unpaired) electrons. The molecule has 0 fully saturated rings. The number of hydrogen-bond acceptors (Lipinski definition) is 6. The third kappa shape index (κ3) is 3.99. The number of nitrogens with one attached hydrogen (secondary N) is 1. The molecule has 0 amide bonds. The Labute approximate surface area is 188 Å². The average molecular weight is 485 g/mol. The number of hydrogen-bond donors (Lipinski definition) is 1. The molecule has 1 aromatic heterocycles. The Hall–Kier alpha value is -2.30. The first-order valence-corrected chi connectivity index (χ1v) is 11.9. The van der Waals surface area contributed by atoms with E-state index in [0.29, 0.717) is 17.7 Å². The van der Waals surface area contributed by atoms with Crippen LogP contribution in [0, 0.1) is 18.6 Å². The van der Waals surface area contributed by atoms with Gasteiger partial charge in [-0.2, -0.15) is 4.37 Å². The summed E-state index contributed by atoms with van der Waals surface area (Å²) in [6.07, 6.45) is 1.19. The van der Waals surface area contributed by atoms with Gasteiger partial charge in [-0.1, -0.05) is 25.4 Å². The lowest BCUT2D eigenvalue weighted by molar-refractivity contribution is 0.538. The first-order valence-electron chi connectivity index (χ1n) is 9.31. The summed E-state index contributed by atoms with van der Waals surface area (Å²) in [4.78, 5) is 5.16. The zero-order chi connectivity index (χ0) is 22.6. The summed E-state index contributed by atoms with van der Waals surface area (Å²) in [6.45, 7) is 6.63. The summed E-state index contributed by atoms with van der Waals surface area (Å²) in [5.74, 6) is -1.19. The number of rotatable bonds is 5. The number of nitrogens with zero attached hydrogens (tertiary/aromatic N) is 3. The summed E-state index contributed by atoms with van der Waals surface area (Å²) in [6, 6.07) is 5.34. The lowest BCUT2D eigenvalue weighted by atomic mass is 9.84. The molecule has 0 bridgehead atoms. The maximum Gasteiger partial charge on any atom is 0.266 e. The van der Waals surface area contributed by atoms with Gasteiger partial charge in [0, 0.05) is 40.7 Å². The summed E-state index contributed by atoms with van der Waals surface area (Å²) in [5.41, 5.74) is 2.48. The summed E-state index contributed by atoms with van der Waals surface area (Å²) in [7, 11) is -4.21. The first kappa shape index (κ1) is 21.9. The van der Waals surface area contributed by atoms with E-state index in [-0.39, 0.29) is 27.9 Å². The minimum absolute atomic E-state index is 0.0260. The molecule has 3 aromatic rings. The number of sulfonamides is 1. The third-order valence-corrected chi connectivity index (χ3v) is 7.73. The van der Waals surface area contributed by atoms with Crippen LogP contribution in [-0.4, -0.2) is 24.3 Å². The zero-order valence-electron chi connectivity index (χ0n) is 16.9. The van der Waals surface area contributed by atoms with Crippen molar-refractivity contribution in [1.82, 2.24) is 9.36 Å². The van der Waals surface area contributed by atoms with E-state index < -0.39 is 20.7 Å². The molecule has 2 aromatic carbocycles. The summed E-state index contributed by atoms with van der Waals surface area (Å²) in [5, 5.41) is 0.141. The fourth-order valence-electron chi connectivity index (χ4n) is 4.06. The molecule has 0 spiro atoms. The van der Waals surface area contributed by atoms with Crippen LogP contribution >= 0.6 is 23.1 Å². The Morgan fingerprint density at radius 3 is 2.68 bits per heavy atom. The maximum absolute atomic E-state index is 14.8. The molecule has 11 heteroatoms.